The average Bonchev–Trinajstić information content (AvgIpc) is 3.17. The largest absolute Gasteiger partial charge is 0.489 e. The number of halogens is 2. The Bertz CT molecular complexity index is 752. The van der Waals surface area contributed by atoms with E-state index in [1.54, 1.807) is 0 Å². The van der Waals surface area contributed by atoms with Gasteiger partial charge in [0.25, 0.3) is 0 Å². The topological polar surface area (TPSA) is 27.7 Å². The molecule has 2 aliphatic heterocycles. The van der Waals surface area contributed by atoms with Crippen LogP contribution in [0.3, 0.4) is 0 Å². The zero-order valence-corrected chi connectivity index (χ0v) is 17.7. The standard InChI is InChI=1S/C22H28ClN3O.ClH/c23-22-7-2-1-5-19(22)17-27-21-6-3-4-18(14-21)15-25-11-8-20(16-25)26-12-9-24-10-13-26;/h1-7,14,20,24H,8-13,15-17H2;1H. The number of hydrogen-bond donors (Lipinski definition) is 1. The predicted molar refractivity (Wildman–Crippen MR) is 118 cm³/mol. The van der Waals surface area contributed by atoms with E-state index in [0.29, 0.717) is 12.6 Å². The maximum absolute atomic E-state index is 6.22. The van der Waals surface area contributed by atoms with Crippen molar-refractivity contribution in [2.45, 2.75) is 25.6 Å². The monoisotopic (exact) mass is 421 g/mol. The minimum atomic E-state index is 0. The molecule has 0 radical (unpaired) electrons. The third kappa shape index (κ3) is 5.62. The van der Waals surface area contributed by atoms with Crippen molar-refractivity contribution in [2.75, 3.05) is 39.3 Å². The summed E-state index contributed by atoms with van der Waals surface area (Å²) in [5, 5.41) is 4.20. The molecule has 4 nitrogen and oxygen atoms in total. The lowest BCUT2D eigenvalue weighted by molar-refractivity contribution is 0.170. The highest BCUT2D eigenvalue weighted by molar-refractivity contribution is 6.31. The van der Waals surface area contributed by atoms with Crippen molar-refractivity contribution in [3.63, 3.8) is 0 Å². The second-order valence-corrected chi connectivity index (χ2v) is 7.90. The summed E-state index contributed by atoms with van der Waals surface area (Å²) in [6.07, 6.45) is 1.28. The van der Waals surface area contributed by atoms with E-state index in [1.165, 1.54) is 38.2 Å². The first kappa shape index (κ1) is 21.4. The van der Waals surface area contributed by atoms with E-state index < -0.39 is 0 Å². The maximum atomic E-state index is 6.22. The van der Waals surface area contributed by atoms with E-state index in [4.69, 9.17) is 16.3 Å². The van der Waals surface area contributed by atoms with Crippen LogP contribution in [0.4, 0.5) is 0 Å². The molecule has 2 aromatic rings. The zero-order valence-electron chi connectivity index (χ0n) is 16.1. The number of likely N-dealkylation sites (tertiary alicyclic amines) is 1. The van der Waals surface area contributed by atoms with Gasteiger partial charge in [-0.2, -0.15) is 0 Å². The van der Waals surface area contributed by atoms with Crippen LogP contribution in [0.5, 0.6) is 5.75 Å². The van der Waals surface area contributed by atoms with Gasteiger partial charge in [0.1, 0.15) is 12.4 Å². The van der Waals surface area contributed by atoms with Crippen LogP contribution in [0, 0.1) is 0 Å². The van der Waals surface area contributed by atoms with Crippen molar-refractivity contribution in [3.8, 4) is 5.75 Å². The summed E-state index contributed by atoms with van der Waals surface area (Å²) in [7, 11) is 0. The van der Waals surface area contributed by atoms with Gasteiger partial charge >= 0.3 is 0 Å². The average molecular weight is 422 g/mol. The fourth-order valence-electron chi connectivity index (χ4n) is 4.07. The van der Waals surface area contributed by atoms with Crippen LogP contribution in [0.25, 0.3) is 0 Å². The summed E-state index contributed by atoms with van der Waals surface area (Å²) < 4.78 is 5.98. The summed E-state index contributed by atoms with van der Waals surface area (Å²) in [4.78, 5) is 5.22. The van der Waals surface area contributed by atoms with Crippen LogP contribution in [0.2, 0.25) is 5.02 Å². The van der Waals surface area contributed by atoms with Crippen molar-refractivity contribution in [3.05, 3.63) is 64.7 Å². The van der Waals surface area contributed by atoms with Gasteiger partial charge in [0, 0.05) is 62.4 Å². The number of hydrogen-bond acceptors (Lipinski definition) is 4. The maximum Gasteiger partial charge on any atom is 0.120 e. The summed E-state index contributed by atoms with van der Waals surface area (Å²) >= 11 is 6.22. The van der Waals surface area contributed by atoms with Gasteiger partial charge in [-0.1, -0.05) is 41.9 Å². The van der Waals surface area contributed by atoms with E-state index in [-0.39, 0.29) is 12.4 Å². The normalized spacial score (nSPS) is 20.7. The van der Waals surface area contributed by atoms with Crippen LogP contribution < -0.4 is 10.1 Å². The quantitative estimate of drug-likeness (QED) is 0.766. The van der Waals surface area contributed by atoms with Crippen molar-refractivity contribution in [1.82, 2.24) is 15.1 Å². The second kappa shape index (κ2) is 10.5. The first-order chi connectivity index (χ1) is 13.3. The van der Waals surface area contributed by atoms with Crippen LogP contribution in [-0.4, -0.2) is 55.1 Å². The molecule has 6 heteroatoms. The van der Waals surface area contributed by atoms with Gasteiger partial charge in [0.05, 0.1) is 0 Å². The Morgan fingerprint density at radius 3 is 2.68 bits per heavy atom. The third-order valence-electron chi connectivity index (χ3n) is 5.57. The fraction of sp³-hybridized carbons (Fsp3) is 0.455. The van der Waals surface area contributed by atoms with Crippen LogP contribution in [0.1, 0.15) is 17.5 Å². The highest BCUT2D eigenvalue weighted by Crippen LogP contribution is 2.22. The molecule has 2 aliphatic rings. The smallest absolute Gasteiger partial charge is 0.120 e. The Morgan fingerprint density at radius 1 is 1.04 bits per heavy atom. The Kier molecular flexibility index (Phi) is 8.00. The van der Waals surface area contributed by atoms with Gasteiger partial charge in [-0.25, -0.2) is 0 Å². The summed E-state index contributed by atoms with van der Waals surface area (Å²) in [6.45, 7) is 8.46. The minimum Gasteiger partial charge on any atom is -0.489 e. The number of rotatable bonds is 6. The van der Waals surface area contributed by atoms with E-state index in [1.807, 2.05) is 30.3 Å². The molecule has 0 spiro atoms. The molecule has 0 amide bonds. The van der Waals surface area contributed by atoms with Gasteiger partial charge in [0.15, 0.2) is 0 Å². The summed E-state index contributed by atoms with van der Waals surface area (Å²) in [5.41, 5.74) is 2.33. The van der Waals surface area contributed by atoms with Crippen molar-refractivity contribution in [1.29, 1.82) is 0 Å². The zero-order chi connectivity index (χ0) is 18.5. The molecule has 0 saturated carbocycles. The van der Waals surface area contributed by atoms with Crippen LogP contribution >= 0.6 is 24.0 Å². The minimum absolute atomic E-state index is 0. The SMILES string of the molecule is Cl.Clc1ccccc1COc1cccc(CN2CCC(N3CCNCC3)C2)c1. The molecule has 0 bridgehead atoms. The Morgan fingerprint density at radius 2 is 1.86 bits per heavy atom. The number of nitrogens with zero attached hydrogens (tertiary/aromatic N) is 2. The number of ether oxygens (including phenoxy) is 1. The van der Waals surface area contributed by atoms with Crippen molar-refractivity contribution < 1.29 is 4.74 Å². The molecule has 2 fully saturated rings. The molecule has 0 aliphatic carbocycles. The molecule has 152 valence electrons. The molecule has 1 atom stereocenters. The summed E-state index contributed by atoms with van der Waals surface area (Å²) in [5.74, 6) is 0.908. The Hall–Kier alpha value is -1.30. The second-order valence-electron chi connectivity index (χ2n) is 7.49. The first-order valence-electron chi connectivity index (χ1n) is 9.90. The molecular formula is C22H29Cl2N3O. The first-order valence-corrected chi connectivity index (χ1v) is 10.3. The van der Waals surface area contributed by atoms with Crippen molar-refractivity contribution in [2.24, 2.45) is 0 Å². The number of nitrogens with one attached hydrogen (secondary N) is 1. The molecule has 1 N–H and O–H groups in total. The van der Waals surface area contributed by atoms with Gasteiger partial charge in [-0.15, -0.1) is 12.4 Å². The lowest BCUT2D eigenvalue weighted by atomic mass is 10.2. The van der Waals surface area contributed by atoms with E-state index >= 15 is 0 Å². The summed E-state index contributed by atoms with van der Waals surface area (Å²) in [6, 6.07) is 17.0. The molecule has 0 aromatic heterocycles. The lowest BCUT2D eigenvalue weighted by Gasteiger charge is -2.32. The lowest BCUT2D eigenvalue weighted by Crippen LogP contribution is -2.49. The molecule has 2 aromatic carbocycles. The van der Waals surface area contributed by atoms with E-state index in [2.05, 4.69) is 33.3 Å². The van der Waals surface area contributed by atoms with E-state index in [0.717, 1.165) is 36.0 Å². The van der Waals surface area contributed by atoms with Crippen LogP contribution in [-0.2, 0) is 13.2 Å². The molecule has 1 unspecified atom stereocenters. The molecule has 28 heavy (non-hydrogen) atoms. The fourth-order valence-corrected chi connectivity index (χ4v) is 4.26. The Labute approximate surface area is 179 Å². The molecule has 4 rings (SSSR count). The molecular weight excluding hydrogens is 393 g/mol. The van der Waals surface area contributed by atoms with Crippen LogP contribution in [0.15, 0.2) is 48.5 Å². The molecule has 2 saturated heterocycles. The molecule has 2 heterocycles. The van der Waals surface area contributed by atoms with Gasteiger partial charge in [-0.3, -0.25) is 9.80 Å². The number of benzene rings is 2. The highest BCUT2D eigenvalue weighted by Gasteiger charge is 2.28. The Balaban J connectivity index is 0.00000225. The van der Waals surface area contributed by atoms with Crippen molar-refractivity contribution >= 4 is 24.0 Å². The third-order valence-corrected chi connectivity index (χ3v) is 5.94. The number of piperazine rings is 1. The van der Waals surface area contributed by atoms with Gasteiger partial charge in [0.2, 0.25) is 0 Å². The predicted octanol–water partition coefficient (Wildman–Crippen LogP) is 3.82. The van der Waals surface area contributed by atoms with Gasteiger partial charge < -0.3 is 10.1 Å². The highest BCUT2D eigenvalue weighted by atomic mass is 35.5. The van der Waals surface area contributed by atoms with E-state index in [9.17, 15) is 0 Å². The van der Waals surface area contributed by atoms with Gasteiger partial charge in [-0.05, 0) is 30.2 Å².